The highest BCUT2D eigenvalue weighted by atomic mass is 19.4. The number of nitrogens with zero attached hydrogens (tertiary/aromatic N) is 4. The number of aromatic nitrogens is 2. The number of nitrogens with one attached hydrogen (secondary N) is 1. The van der Waals surface area contributed by atoms with E-state index in [1.807, 2.05) is 40.1 Å². The summed E-state index contributed by atoms with van der Waals surface area (Å²) in [5.74, 6) is 0.425. The Hall–Kier alpha value is -2.84. The molecule has 9 heteroatoms. The number of likely N-dealkylation sites (tertiary alicyclic amines) is 1. The summed E-state index contributed by atoms with van der Waals surface area (Å²) in [6.45, 7) is 1.88. The number of halogens is 3. The van der Waals surface area contributed by atoms with Crippen LogP contribution in [0.5, 0.6) is 0 Å². The van der Waals surface area contributed by atoms with E-state index in [4.69, 9.17) is 0 Å². The zero-order valence-corrected chi connectivity index (χ0v) is 17.9. The van der Waals surface area contributed by atoms with Crippen LogP contribution in [0.25, 0.3) is 0 Å². The van der Waals surface area contributed by atoms with Gasteiger partial charge in [-0.2, -0.15) is 13.2 Å². The molecule has 2 amide bonds. The maximum Gasteiger partial charge on any atom is 0.433 e. The van der Waals surface area contributed by atoms with Crippen LogP contribution < -0.4 is 10.2 Å². The van der Waals surface area contributed by atoms with Crippen LogP contribution in [0.3, 0.4) is 0 Å². The van der Waals surface area contributed by atoms with Crippen molar-refractivity contribution in [1.82, 2.24) is 14.9 Å². The number of benzene rings is 1. The molecule has 3 heterocycles. The van der Waals surface area contributed by atoms with Gasteiger partial charge in [-0.05, 0) is 49.8 Å². The van der Waals surface area contributed by atoms with Crippen molar-refractivity contribution in [3.8, 4) is 0 Å². The number of amides is 2. The number of alkyl halides is 3. The molecule has 172 valence electrons. The zero-order valence-electron chi connectivity index (χ0n) is 17.9. The van der Waals surface area contributed by atoms with Crippen molar-refractivity contribution in [2.75, 3.05) is 29.9 Å². The van der Waals surface area contributed by atoms with Crippen molar-refractivity contribution in [2.24, 2.45) is 5.92 Å². The number of carbonyl (C=O) groups is 1. The normalized spacial score (nSPS) is 20.7. The molecule has 1 aromatic heterocycles. The van der Waals surface area contributed by atoms with E-state index in [0.29, 0.717) is 19.0 Å². The summed E-state index contributed by atoms with van der Waals surface area (Å²) in [6.07, 6.45) is 2.38. The zero-order chi connectivity index (χ0) is 22.6. The fourth-order valence-electron chi connectivity index (χ4n) is 4.74. The number of para-hydroxylation sites is 1. The average Bonchev–Trinajstić information content (AvgIpc) is 3.06. The lowest BCUT2D eigenvalue weighted by Gasteiger charge is -2.40. The van der Waals surface area contributed by atoms with Crippen LogP contribution in [0.15, 0.2) is 42.6 Å². The summed E-state index contributed by atoms with van der Waals surface area (Å²) in [5.41, 5.74) is -0.144. The monoisotopic (exact) mass is 447 g/mol. The number of piperidine rings is 1. The Morgan fingerprint density at radius 1 is 0.969 bits per heavy atom. The average molecular weight is 448 g/mol. The highest BCUT2D eigenvalue weighted by Crippen LogP contribution is 2.33. The molecule has 1 N–H and O–H groups in total. The molecule has 2 aromatic rings. The smallest absolute Gasteiger partial charge is 0.341 e. The van der Waals surface area contributed by atoms with Gasteiger partial charge in [-0.3, -0.25) is 0 Å². The lowest BCUT2D eigenvalue weighted by molar-refractivity contribution is -0.141. The Balaban J connectivity index is 1.42. The molecule has 4 rings (SSSR count). The third kappa shape index (κ3) is 5.31. The molecule has 1 unspecified atom stereocenters. The standard InChI is InChI=1S/C23H28F3N5O/c24-23(25,26)20-10-13-27-21(29-20)30-15-11-17(12-16-30)19-9-5-2-6-14-31(19)22(32)28-18-7-3-1-4-8-18/h1,3-4,7-8,10,13,17,19H,2,5-6,9,11-12,14-16H2,(H,28,32). The number of hydrogen-bond acceptors (Lipinski definition) is 4. The molecule has 1 aromatic carbocycles. The van der Waals surface area contributed by atoms with Gasteiger partial charge in [-0.1, -0.05) is 31.0 Å². The first kappa shape index (κ1) is 22.4. The van der Waals surface area contributed by atoms with Gasteiger partial charge < -0.3 is 15.1 Å². The van der Waals surface area contributed by atoms with E-state index in [0.717, 1.165) is 63.0 Å². The van der Waals surface area contributed by atoms with E-state index >= 15 is 0 Å². The topological polar surface area (TPSA) is 61.4 Å². The maximum atomic E-state index is 13.1. The summed E-state index contributed by atoms with van der Waals surface area (Å²) in [6, 6.07) is 10.4. The van der Waals surface area contributed by atoms with Crippen LogP contribution in [0, 0.1) is 5.92 Å². The van der Waals surface area contributed by atoms with Crippen LogP contribution >= 0.6 is 0 Å². The predicted octanol–water partition coefficient (Wildman–Crippen LogP) is 5.19. The van der Waals surface area contributed by atoms with Crippen LogP contribution in [0.4, 0.5) is 29.6 Å². The first-order chi connectivity index (χ1) is 15.4. The largest absolute Gasteiger partial charge is 0.433 e. The molecular weight excluding hydrogens is 419 g/mol. The second-order valence-electron chi connectivity index (χ2n) is 8.47. The number of rotatable bonds is 3. The van der Waals surface area contributed by atoms with Crippen LogP contribution in [-0.2, 0) is 6.18 Å². The highest BCUT2D eigenvalue weighted by Gasteiger charge is 2.36. The Bertz CT molecular complexity index is 900. The molecule has 2 fully saturated rings. The molecule has 0 aliphatic carbocycles. The summed E-state index contributed by atoms with van der Waals surface area (Å²) >= 11 is 0. The Labute approximate surface area is 185 Å². The fraction of sp³-hybridized carbons (Fsp3) is 0.522. The Morgan fingerprint density at radius 2 is 1.72 bits per heavy atom. The summed E-state index contributed by atoms with van der Waals surface area (Å²) in [4.78, 5) is 24.6. The Morgan fingerprint density at radius 3 is 2.44 bits per heavy atom. The van der Waals surface area contributed by atoms with E-state index in [2.05, 4.69) is 15.3 Å². The highest BCUT2D eigenvalue weighted by molar-refractivity contribution is 5.89. The molecule has 1 atom stereocenters. The minimum absolute atomic E-state index is 0.0771. The molecule has 2 aliphatic rings. The number of anilines is 2. The van der Waals surface area contributed by atoms with E-state index in [1.165, 1.54) is 0 Å². The van der Waals surface area contributed by atoms with Crippen molar-refractivity contribution in [2.45, 2.75) is 50.7 Å². The van der Waals surface area contributed by atoms with Crippen molar-refractivity contribution >= 4 is 17.7 Å². The third-order valence-electron chi connectivity index (χ3n) is 6.39. The first-order valence-electron chi connectivity index (χ1n) is 11.2. The molecule has 6 nitrogen and oxygen atoms in total. The van der Waals surface area contributed by atoms with Crippen LogP contribution in [0.2, 0.25) is 0 Å². The van der Waals surface area contributed by atoms with Gasteiger partial charge in [-0.25, -0.2) is 14.8 Å². The number of urea groups is 1. The van der Waals surface area contributed by atoms with Crippen molar-refractivity contribution < 1.29 is 18.0 Å². The van der Waals surface area contributed by atoms with E-state index in [1.54, 1.807) is 0 Å². The lowest BCUT2D eigenvalue weighted by Crippen LogP contribution is -2.49. The van der Waals surface area contributed by atoms with E-state index in [9.17, 15) is 18.0 Å². The van der Waals surface area contributed by atoms with E-state index in [-0.39, 0.29) is 18.0 Å². The molecule has 2 aliphatic heterocycles. The van der Waals surface area contributed by atoms with Gasteiger partial charge in [0.05, 0.1) is 0 Å². The van der Waals surface area contributed by atoms with Crippen molar-refractivity contribution in [3.05, 3.63) is 48.3 Å². The molecular formula is C23H28F3N5O. The summed E-state index contributed by atoms with van der Waals surface area (Å²) in [7, 11) is 0. The molecule has 32 heavy (non-hydrogen) atoms. The molecule has 0 bridgehead atoms. The minimum atomic E-state index is -4.48. The maximum absolute atomic E-state index is 13.1. The second kappa shape index (κ2) is 9.75. The molecule has 0 saturated carbocycles. The van der Waals surface area contributed by atoms with Crippen molar-refractivity contribution in [3.63, 3.8) is 0 Å². The molecule has 0 radical (unpaired) electrons. The summed E-state index contributed by atoms with van der Waals surface area (Å²) < 4.78 is 39.0. The minimum Gasteiger partial charge on any atom is -0.341 e. The van der Waals surface area contributed by atoms with Gasteiger partial charge in [-0.15, -0.1) is 0 Å². The number of hydrogen-bond donors (Lipinski definition) is 1. The molecule has 2 saturated heterocycles. The molecule has 0 spiro atoms. The second-order valence-corrected chi connectivity index (χ2v) is 8.47. The van der Waals surface area contributed by atoms with Crippen molar-refractivity contribution in [1.29, 1.82) is 0 Å². The predicted molar refractivity (Wildman–Crippen MR) is 116 cm³/mol. The third-order valence-corrected chi connectivity index (χ3v) is 6.39. The van der Waals surface area contributed by atoms with E-state index < -0.39 is 11.9 Å². The van der Waals surface area contributed by atoms with Crippen LogP contribution in [-0.4, -0.2) is 46.6 Å². The van der Waals surface area contributed by atoms with Gasteiger partial charge >= 0.3 is 12.2 Å². The van der Waals surface area contributed by atoms with Gasteiger partial charge in [0.15, 0.2) is 0 Å². The van der Waals surface area contributed by atoms with Crippen LogP contribution in [0.1, 0.15) is 44.2 Å². The quantitative estimate of drug-likeness (QED) is 0.704. The Kier molecular flexibility index (Phi) is 6.81. The van der Waals surface area contributed by atoms with Gasteiger partial charge in [0.2, 0.25) is 5.95 Å². The fourth-order valence-corrected chi connectivity index (χ4v) is 4.74. The first-order valence-corrected chi connectivity index (χ1v) is 11.2. The van der Waals surface area contributed by atoms with Gasteiger partial charge in [0.25, 0.3) is 0 Å². The van der Waals surface area contributed by atoms with Gasteiger partial charge in [0, 0.05) is 37.6 Å². The van der Waals surface area contributed by atoms with Gasteiger partial charge in [0.1, 0.15) is 5.69 Å². The SMILES string of the molecule is O=C(Nc1ccccc1)N1CCCCCC1C1CCN(c2nccc(C(F)(F)F)n2)CC1. The number of carbonyl (C=O) groups excluding carboxylic acids is 1. The summed E-state index contributed by atoms with van der Waals surface area (Å²) in [5, 5.41) is 3.01. The lowest BCUT2D eigenvalue weighted by atomic mass is 9.86.